The molecule has 0 aliphatic carbocycles. The van der Waals surface area contributed by atoms with Crippen LogP contribution in [0.2, 0.25) is 0 Å². The predicted octanol–water partition coefficient (Wildman–Crippen LogP) is 3.24. The Morgan fingerprint density at radius 2 is 1.92 bits per heavy atom. The molecule has 0 bridgehead atoms. The van der Waals surface area contributed by atoms with Crippen molar-refractivity contribution in [3.8, 4) is 17.2 Å². The summed E-state index contributed by atoms with van der Waals surface area (Å²) < 4.78 is 16.3. The fourth-order valence-corrected chi connectivity index (χ4v) is 2.28. The average molecular weight is 356 g/mol. The number of ether oxygens (including phenoxy) is 3. The molecule has 138 valence electrons. The average Bonchev–Trinajstić information content (AvgIpc) is 2.63. The second-order valence-electron chi connectivity index (χ2n) is 5.62. The molecule has 0 aliphatic heterocycles. The largest absolute Gasteiger partial charge is 0.493 e. The van der Waals surface area contributed by atoms with E-state index >= 15 is 0 Å². The molecule has 1 N–H and O–H groups in total. The topological polar surface area (TPSA) is 69.2 Å². The number of carbonyl (C=O) groups is 1. The van der Waals surface area contributed by atoms with Gasteiger partial charge in [-0.15, -0.1) is 0 Å². The van der Waals surface area contributed by atoms with Crippen molar-refractivity contribution >= 4 is 12.1 Å². The Kier molecular flexibility index (Phi) is 7.02. The summed E-state index contributed by atoms with van der Waals surface area (Å²) in [6.45, 7) is 6.28. The van der Waals surface area contributed by atoms with Crippen LogP contribution in [0, 0.1) is 13.8 Å². The number of hydrogen-bond donors (Lipinski definition) is 1. The van der Waals surface area contributed by atoms with Crippen LogP contribution >= 0.6 is 0 Å². The quantitative estimate of drug-likeness (QED) is 0.582. The van der Waals surface area contributed by atoms with E-state index in [1.807, 2.05) is 45.0 Å². The molecule has 26 heavy (non-hydrogen) atoms. The van der Waals surface area contributed by atoms with E-state index in [-0.39, 0.29) is 12.5 Å². The monoisotopic (exact) mass is 356 g/mol. The van der Waals surface area contributed by atoms with E-state index in [2.05, 4.69) is 10.5 Å². The van der Waals surface area contributed by atoms with Gasteiger partial charge in [0, 0.05) is 0 Å². The number of carbonyl (C=O) groups excluding carboxylic acids is 1. The van der Waals surface area contributed by atoms with Crippen LogP contribution < -0.4 is 19.6 Å². The Morgan fingerprint density at radius 1 is 1.12 bits per heavy atom. The van der Waals surface area contributed by atoms with Crippen LogP contribution in [0.4, 0.5) is 0 Å². The lowest BCUT2D eigenvalue weighted by molar-refractivity contribution is -0.123. The van der Waals surface area contributed by atoms with Crippen LogP contribution in [0.25, 0.3) is 0 Å². The number of amides is 1. The Balaban J connectivity index is 1.90. The summed E-state index contributed by atoms with van der Waals surface area (Å²) in [5.41, 5.74) is 5.37. The van der Waals surface area contributed by atoms with E-state index in [0.717, 1.165) is 16.7 Å². The Bertz CT molecular complexity index is 787. The summed E-state index contributed by atoms with van der Waals surface area (Å²) in [5, 5.41) is 3.95. The third kappa shape index (κ3) is 5.24. The molecule has 6 nitrogen and oxygen atoms in total. The zero-order chi connectivity index (χ0) is 18.9. The van der Waals surface area contributed by atoms with E-state index in [1.165, 1.54) is 6.21 Å². The van der Waals surface area contributed by atoms with Gasteiger partial charge in [0.05, 0.1) is 19.9 Å². The van der Waals surface area contributed by atoms with Crippen LogP contribution in [-0.4, -0.2) is 32.4 Å². The number of nitrogens with one attached hydrogen (secondary N) is 1. The first-order valence-corrected chi connectivity index (χ1v) is 8.37. The fraction of sp³-hybridized carbons (Fsp3) is 0.300. The first-order chi connectivity index (χ1) is 12.5. The highest BCUT2D eigenvalue weighted by atomic mass is 16.5. The van der Waals surface area contributed by atoms with Gasteiger partial charge in [0.25, 0.3) is 5.91 Å². The summed E-state index contributed by atoms with van der Waals surface area (Å²) in [5.74, 6) is 1.64. The van der Waals surface area contributed by atoms with Crippen LogP contribution in [-0.2, 0) is 4.79 Å². The summed E-state index contributed by atoms with van der Waals surface area (Å²) in [6.07, 6.45) is 1.54. The summed E-state index contributed by atoms with van der Waals surface area (Å²) in [6, 6.07) is 11.1. The van der Waals surface area contributed by atoms with Gasteiger partial charge >= 0.3 is 0 Å². The summed E-state index contributed by atoms with van der Waals surface area (Å²) in [4.78, 5) is 11.9. The highest BCUT2D eigenvalue weighted by molar-refractivity contribution is 5.83. The molecule has 0 aromatic heterocycles. The maximum absolute atomic E-state index is 11.9. The van der Waals surface area contributed by atoms with Crippen molar-refractivity contribution in [2.75, 3.05) is 20.3 Å². The molecule has 0 saturated heterocycles. The van der Waals surface area contributed by atoms with Gasteiger partial charge in [0.1, 0.15) is 5.75 Å². The predicted molar refractivity (Wildman–Crippen MR) is 101 cm³/mol. The molecule has 2 rings (SSSR count). The zero-order valence-electron chi connectivity index (χ0n) is 15.5. The van der Waals surface area contributed by atoms with Gasteiger partial charge in [0.2, 0.25) is 0 Å². The molecule has 6 heteroatoms. The molecule has 0 atom stereocenters. The highest BCUT2D eigenvalue weighted by Gasteiger charge is 2.06. The van der Waals surface area contributed by atoms with Crippen molar-refractivity contribution < 1.29 is 19.0 Å². The number of methoxy groups -OCH3 is 1. The normalized spacial score (nSPS) is 10.6. The standard InChI is InChI=1S/C20H24N2O4/c1-5-25-19-11-16(9-10-18(19)24-4)12-21-22-20(23)13-26-17-8-6-7-14(2)15(17)3/h6-12H,5,13H2,1-4H3,(H,22,23)/b21-12+. The molecule has 1 amide bonds. The van der Waals surface area contributed by atoms with Gasteiger partial charge in [0.15, 0.2) is 18.1 Å². The highest BCUT2D eigenvalue weighted by Crippen LogP contribution is 2.27. The maximum atomic E-state index is 11.9. The molecular formula is C20H24N2O4. The minimum Gasteiger partial charge on any atom is -0.493 e. The lowest BCUT2D eigenvalue weighted by atomic mass is 10.1. The van der Waals surface area contributed by atoms with Gasteiger partial charge < -0.3 is 14.2 Å². The van der Waals surface area contributed by atoms with Crippen molar-refractivity contribution in [3.05, 3.63) is 53.1 Å². The van der Waals surface area contributed by atoms with Crippen molar-refractivity contribution in [3.63, 3.8) is 0 Å². The van der Waals surface area contributed by atoms with E-state index < -0.39 is 0 Å². The van der Waals surface area contributed by atoms with E-state index in [4.69, 9.17) is 14.2 Å². The smallest absolute Gasteiger partial charge is 0.277 e. The van der Waals surface area contributed by atoms with Crippen LogP contribution in [0.5, 0.6) is 17.2 Å². The number of rotatable bonds is 8. The SMILES string of the molecule is CCOc1cc(/C=N/NC(=O)COc2cccc(C)c2C)ccc1OC. The van der Waals surface area contributed by atoms with Crippen molar-refractivity contribution in [1.29, 1.82) is 0 Å². The van der Waals surface area contributed by atoms with Gasteiger partial charge in [-0.25, -0.2) is 5.43 Å². The number of aryl methyl sites for hydroxylation is 1. The van der Waals surface area contributed by atoms with Gasteiger partial charge in [-0.1, -0.05) is 12.1 Å². The molecule has 2 aromatic rings. The molecule has 0 fully saturated rings. The zero-order valence-corrected chi connectivity index (χ0v) is 15.5. The molecular weight excluding hydrogens is 332 g/mol. The molecule has 0 heterocycles. The summed E-state index contributed by atoms with van der Waals surface area (Å²) >= 11 is 0. The Morgan fingerprint density at radius 3 is 2.65 bits per heavy atom. The van der Waals surface area contributed by atoms with E-state index in [1.54, 1.807) is 19.2 Å². The van der Waals surface area contributed by atoms with Crippen molar-refractivity contribution in [2.45, 2.75) is 20.8 Å². The lowest BCUT2D eigenvalue weighted by Crippen LogP contribution is -2.24. The third-order valence-electron chi connectivity index (χ3n) is 3.80. The number of hydrogen-bond acceptors (Lipinski definition) is 5. The Hall–Kier alpha value is -3.02. The van der Waals surface area contributed by atoms with Crippen LogP contribution in [0.1, 0.15) is 23.6 Å². The molecule has 0 radical (unpaired) electrons. The van der Waals surface area contributed by atoms with Gasteiger partial charge in [-0.05, 0) is 61.7 Å². The molecule has 0 unspecified atom stereocenters. The lowest BCUT2D eigenvalue weighted by Gasteiger charge is -2.10. The fourth-order valence-electron chi connectivity index (χ4n) is 2.28. The Labute approximate surface area is 153 Å². The third-order valence-corrected chi connectivity index (χ3v) is 3.80. The van der Waals surface area contributed by atoms with Gasteiger partial charge in [-0.3, -0.25) is 4.79 Å². The van der Waals surface area contributed by atoms with Gasteiger partial charge in [-0.2, -0.15) is 5.10 Å². The van der Waals surface area contributed by atoms with Crippen molar-refractivity contribution in [2.24, 2.45) is 5.10 Å². The van der Waals surface area contributed by atoms with Crippen LogP contribution in [0.15, 0.2) is 41.5 Å². The molecule has 0 spiro atoms. The molecule has 0 saturated carbocycles. The first-order valence-electron chi connectivity index (χ1n) is 8.37. The number of nitrogens with zero attached hydrogens (tertiary/aromatic N) is 1. The molecule has 0 aliphatic rings. The summed E-state index contributed by atoms with van der Waals surface area (Å²) in [7, 11) is 1.59. The second-order valence-corrected chi connectivity index (χ2v) is 5.62. The minimum atomic E-state index is -0.333. The number of benzene rings is 2. The van der Waals surface area contributed by atoms with Crippen LogP contribution in [0.3, 0.4) is 0 Å². The maximum Gasteiger partial charge on any atom is 0.277 e. The molecule has 2 aromatic carbocycles. The van der Waals surface area contributed by atoms with Crippen molar-refractivity contribution in [1.82, 2.24) is 5.43 Å². The first kappa shape index (κ1) is 19.3. The number of hydrazone groups is 1. The minimum absolute atomic E-state index is 0.103. The second kappa shape index (κ2) is 9.46. The van der Waals surface area contributed by atoms with E-state index in [9.17, 15) is 4.79 Å². The van der Waals surface area contributed by atoms with E-state index in [0.29, 0.717) is 23.9 Å².